The lowest BCUT2D eigenvalue weighted by Crippen LogP contribution is -2.28. The van der Waals surface area contributed by atoms with E-state index in [1.165, 1.54) is 17.4 Å². The number of thiophene rings is 1. The quantitative estimate of drug-likeness (QED) is 0.655. The summed E-state index contributed by atoms with van der Waals surface area (Å²) in [4.78, 5) is 13.0. The fourth-order valence-electron chi connectivity index (χ4n) is 2.94. The molecule has 2 aromatic carbocycles. The standard InChI is InChI=1S/C21H22N2O3S2/c1-14-5-7-18(8-6-14)23(4)28(25,26)19-9-10-27-20(19)21(24)22-17-12-15(2)11-16(3)13-17/h5-13H,1-4H3,(H,22,24). The summed E-state index contributed by atoms with van der Waals surface area (Å²) in [6.45, 7) is 5.83. The van der Waals surface area contributed by atoms with Gasteiger partial charge in [0, 0.05) is 12.7 Å². The van der Waals surface area contributed by atoms with Crippen LogP contribution < -0.4 is 9.62 Å². The third-order valence-corrected chi connectivity index (χ3v) is 7.22. The van der Waals surface area contributed by atoms with Crippen LogP contribution >= 0.6 is 11.3 Å². The summed E-state index contributed by atoms with van der Waals surface area (Å²) in [5.41, 5.74) is 4.27. The molecule has 1 amide bonds. The first-order chi connectivity index (χ1) is 13.2. The van der Waals surface area contributed by atoms with E-state index in [0.29, 0.717) is 11.4 Å². The molecule has 0 aliphatic rings. The fraction of sp³-hybridized carbons (Fsp3) is 0.190. The molecule has 28 heavy (non-hydrogen) atoms. The average Bonchev–Trinajstić information content (AvgIpc) is 3.11. The predicted octanol–water partition coefficient (Wildman–Crippen LogP) is 4.75. The molecule has 1 aromatic heterocycles. The van der Waals surface area contributed by atoms with Crippen LogP contribution in [0.25, 0.3) is 0 Å². The number of nitrogens with one attached hydrogen (secondary N) is 1. The van der Waals surface area contributed by atoms with E-state index in [-0.39, 0.29) is 9.77 Å². The maximum atomic E-state index is 13.1. The SMILES string of the molecule is Cc1ccc(N(C)S(=O)(=O)c2ccsc2C(=O)Nc2cc(C)cc(C)c2)cc1. The second-order valence-electron chi connectivity index (χ2n) is 6.75. The van der Waals surface area contributed by atoms with Gasteiger partial charge in [0.05, 0.1) is 5.69 Å². The smallest absolute Gasteiger partial charge is 0.267 e. The summed E-state index contributed by atoms with van der Waals surface area (Å²) in [7, 11) is -2.37. The minimum Gasteiger partial charge on any atom is -0.321 e. The minimum atomic E-state index is -3.86. The molecule has 0 spiro atoms. The van der Waals surface area contributed by atoms with Crippen molar-refractivity contribution >= 4 is 38.6 Å². The van der Waals surface area contributed by atoms with E-state index in [0.717, 1.165) is 28.0 Å². The Bertz CT molecular complexity index is 1100. The molecule has 0 bridgehead atoms. The summed E-state index contributed by atoms with van der Waals surface area (Å²) in [5.74, 6) is -0.434. The topological polar surface area (TPSA) is 66.5 Å². The zero-order chi connectivity index (χ0) is 20.5. The van der Waals surface area contributed by atoms with Gasteiger partial charge >= 0.3 is 0 Å². The molecule has 0 aliphatic heterocycles. The van der Waals surface area contributed by atoms with Crippen molar-refractivity contribution in [2.24, 2.45) is 0 Å². The van der Waals surface area contributed by atoms with Crippen LogP contribution in [0, 0.1) is 20.8 Å². The van der Waals surface area contributed by atoms with Crippen molar-refractivity contribution in [1.82, 2.24) is 0 Å². The number of carbonyl (C=O) groups excluding carboxylic acids is 1. The van der Waals surface area contributed by atoms with Crippen LogP contribution in [-0.2, 0) is 10.0 Å². The summed E-state index contributed by atoms with van der Waals surface area (Å²) >= 11 is 1.11. The lowest BCUT2D eigenvalue weighted by Gasteiger charge is -2.20. The predicted molar refractivity (Wildman–Crippen MR) is 115 cm³/mol. The molecule has 0 aliphatic carbocycles. The molecular formula is C21H22N2O3S2. The summed E-state index contributed by atoms with van der Waals surface area (Å²) in [5, 5.41) is 4.43. The number of amides is 1. The van der Waals surface area contributed by atoms with E-state index >= 15 is 0 Å². The van der Waals surface area contributed by atoms with Crippen LogP contribution in [0.3, 0.4) is 0 Å². The van der Waals surface area contributed by atoms with Crippen LogP contribution in [0.15, 0.2) is 58.8 Å². The van der Waals surface area contributed by atoms with Gasteiger partial charge in [-0.1, -0.05) is 23.8 Å². The maximum absolute atomic E-state index is 13.1. The van der Waals surface area contributed by atoms with Crippen LogP contribution in [0.1, 0.15) is 26.4 Å². The summed E-state index contributed by atoms with van der Waals surface area (Å²) in [6, 6.07) is 14.4. The molecule has 146 valence electrons. The van der Waals surface area contributed by atoms with Gasteiger partial charge in [-0.05, 0) is 67.6 Å². The summed E-state index contributed by atoms with van der Waals surface area (Å²) < 4.78 is 27.4. The highest BCUT2D eigenvalue weighted by Crippen LogP contribution is 2.29. The molecule has 1 N–H and O–H groups in total. The monoisotopic (exact) mass is 414 g/mol. The zero-order valence-corrected chi connectivity index (χ0v) is 17.8. The first kappa shape index (κ1) is 20.1. The van der Waals surface area contributed by atoms with Crippen LogP contribution in [0.5, 0.6) is 0 Å². The number of rotatable bonds is 5. The second-order valence-corrected chi connectivity index (χ2v) is 9.61. The van der Waals surface area contributed by atoms with E-state index in [4.69, 9.17) is 0 Å². The van der Waals surface area contributed by atoms with Crippen LogP contribution in [-0.4, -0.2) is 21.4 Å². The molecule has 0 saturated heterocycles. The van der Waals surface area contributed by atoms with Gasteiger partial charge in [0.15, 0.2) is 0 Å². The Labute approximate surface area is 169 Å². The van der Waals surface area contributed by atoms with Crippen molar-refractivity contribution < 1.29 is 13.2 Å². The maximum Gasteiger partial charge on any atom is 0.267 e. The van der Waals surface area contributed by atoms with Gasteiger partial charge in [-0.2, -0.15) is 0 Å². The summed E-state index contributed by atoms with van der Waals surface area (Å²) in [6.07, 6.45) is 0. The minimum absolute atomic E-state index is 0.00227. The number of hydrogen-bond donors (Lipinski definition) is 1. The van der Waals surface area contributed by atoms with E-state index in [2.05, 4.69) is 5.32 Å². The number of aryl methyl sites for hydroxylation is 3. The zero-order valence-electron chi connectivity index (χ0n) is 16.2. The third-order valence-electron chi connectivity index (χ3n) is 4.35. The highest BCUT2D eigenvalue weighted by Gasteiger charge is 2.28. The van der Waals surface area contributed by atoms with Crippen molar-refractivity contribution in [3.05, 3.63) is 75.5 Å². The van der Waals surface area contributed by atoms with Crippen molar-refractivity contribution in [2.45, 2.75) is 25.7 Å². The molecule has 0 unspecified atom stereocenters. The number of hydrogen-bond acceptors (Lipinski definition) is 4. The number of sulfonamides is 1. The number of benzene rings is 2. The highest BCUT2D eigenvalue weighted by molar-refractivity contribution is 7.93. The van der Waals surface area contributed by atoms with Crippen molar-refractivity contribution in [2.75, 3.05) is 16.7 Å². The Morgan fingerprint density at radius 3 is 2.14 bits per heavy atom. The molecular weight excluding hydrogens is 392 g/mol. The third kappa shape index (κ3) is 4.10. The first-order valence-electron chi connectivity index (χ1n) is 8.71. The number of anilines is 2. The van der Waals surface area contributed by atoms with Crippen molar-refractivity contribution in [3.63, 3.8) is 0 Å². The van der Waals surface area contributed by atoms with Gasteiger partial charge in [0.2, 0.25) is 0 Å². The molecule has 1 heterocycles. The van der Waals surface area contributed by atoms with Crippen molar-refractivity contribution in [3.8, 4) is 0 Å². The molecule has 0 saturated carbocycles. The van der Waals surface area contributed by atoms with Gasteiger partial charge in [0.25, 0.3) is 15.9 Å². The number of nitrogens with zero attached hydrogens (tertiary/aromatic N) is 1. The van der Waals surface area contributed by atoms with E-state index in [1.54, 1.807) is 17.5 Å². The Kier molecular flexibility index (Phi) is 5.58. The molecule has 7 heteroatoms. The second kappa shape index (κ2) is 7.77. The Morgan fingerprint density at radius 1 is 0.929 bits per heavy atom. The fourth-order valence-corrected chi connectivity index (χ4v) is 5.43. The van der Waals surface area contributed by atoms with Crippen molar-refractivity contribution in [1.29, 1.82) is 0 Å². The highest BCUT2D eigenvalue weighted by atomic mass is 32.2. The molecule has 0 radical (unpaired) electrons. The van der Waals surface area contributed by atoms with Gasteiger partial charge in [-0.3, -0.25) is 9.10 Å². The van der Waals surface area contributed by atoms with Gasteiger partial charge in [-0.15, -0.1) is 11.3 Å². The Morgan fingerprint density at radius 2 is 1.54 bits per heavy atom. The van der Waals surface area contributed by atoms with Crippen LogP contribution in [0.2, 0.25) is 0 Å². The molecule has 5 nitrogen and oxygen atoms in total. The molecule has 0 atom stereocenters. The van der Waals surface area contributed by atoms with Gasteiger partial charge in [-0.25, -0.2) is 8.42 Å². The van der Waals surface area contributed by atoms with E-state index in [1.807, 2.05) is 51.1 Å². The van der Waals surface area contributed by atoms with E-state index < -0.39 is 15.9 Å². The lowest BCUT2D eigenvalue weighted by molar-refractivity contribution is 0.102. The average molecular weight is 415 g/mol. The number of carbonyl (C=O) groups is 1. The molecule has 3 aromatic rings. The van der Waals surface area contributed by atoms with Crippen LogP contribution in [0.4, 0.5) is 11.4 Å². The lowest BCUT2D eigenvalue weighted by atomic mass is 10.1. The normalized spacial score (nSPS) is 11.3. The Balaban J connectivity index is 1.91. The largest absolute Gasteiger partial charge is 0.321 e. The van der Waals surface area contributed by atoms with Gasteiger partial charge in [0.1, 0.15) is 9.77 Å². The molecule has 0 fully saturated rings. The Hall–Kier alpha value is -2.64. The molecule has 3 rings (SSSR count). The first-order valence-corrected chi connectivity index (χ1v) is 11.0. The van der Waals surface area contributed by atoms with Gasteiger partial charge < -0.3 is 5.32 Å². The van der Waals surface area contributed by atoms with E-state index in [9.17, 15) is 13.2 Å².